The number of carbonyl (C=O) groups is 4. The molecule has 0 spiro atoms. The van der Waals surface area contributed by atoms with E-state index in [1.165, 1.54) is 0 Å². The molecule has 0 bridgehead atoms. The number of carbonyl (C=O) groups excluding carboxylic acids is 1. The van der Waals surface area contributed by atoms with Gasteiger partial charge in [-0.1, -0.05) is 0 Å². The monoisotopic (exact) mass is 273 g/mol. The normalized spacial score (nSPS) is 20.3. The number of amides is 1. The molecule has 0 radical (unpaired) electrons. The van der Waals surface area contributed by atoms with Crippen molar-refractivity contribution in [2.45, 2.75) is 31.7 Å². The highest BCUT2D eigenvalue weighted by Gasteiger charge is 2.40. The Morgan fingerprint density at radius 2 is 1.89 bits per heavy atom. The maximum absolute atomic E-state index is 11.6. The van der Waals surface area contributed by atoms with Crippen LogP contribution in [0.5, 0.6) is 0 Å². The number of carboxylic acid groups (broad SMARTS) is 3. The summed E-state index contributed by atoms with van der Waals surface area (Å²) in [7, 11) is 0. The van der Waals surface area contributed by atoms with Crippen molar-refractivity contribution >= 4 is 23.8 Å². The third-order valence-corrected chi connectivity index (χ3v) is 3.04. The number of likely N-dealkylation sites (tertiary alicyclic amines) is 1. The van der Waals surface area contributed by atoms with Crippen LogP contribution >= 0.6 is 0 Å². The van der Waals surface area contributed by atoms with E-state index in [-0.39, 0.29) is 32.2 Å². The Balaban J connectivity index is 2.66. The number of hydrogen-bond acceptors (Lipinski definition) is 4. The van der Waals surface area contributed by atoms with E-state index >= 15 is 0 Å². The van der Waals surface area contributed by atoms with Gasteiger partial charge in [-0.2, -0.15) is 0 Å². The second kappa shape index (κ2) is 6.17. The quantitative estimate of drug-likeness (QED) is 0.576. The van der Waals surface area contributed by atoms with Crippen molar-refractivity contribution < 1.29 is 34.5 Å². The standard InChI is InChI=1S/C11H15NO7/c13-8-4-6(10(16)17)5-12(8)7(11(18)19)2-1-3-9(14)15/h6-7H,1-5H2,(H,14,15)(H,16,17)(H,18,19)/t6?,7-/m1/s1. The van der Waals surface area contributed by atoms with E-state index in [9.17, 15) is 19.2 Å². The van der Waals surface area contributed by atoms with Crippen molar-refractivity contribution in [2.24, 2.45) is 5.92 Å². The van der Waals surface area contributed by atoms with Gasteiger partial charge in [0.25, 0.3) is 0 Å². The van der Waals surface area contributed by atoms with E-state index in [4.69, 9.17) is 15.3 Å². The Labute approximate surface area is 108 Å². The minimum absolute atomic E-state index is 0.000285. The van der Waals surface area contributed by atoms with Crippen molar-refractivity contribution in [1.82, 2.24) is 4.90 Å². The lowest BCUT2D eigenvalue weighted by molar-refractivity contribution is -0.149. The van der Waals surface area contributed by atoms with E-state index in [0.717, 1.165) is 4.90 Å². The molecule has 8 heteroatoms. The molecular weight excluding hydrogens is 258 g/mol. The fraction of sp³-hybridized carbons (Fsp3) is 0.636. The average molecular weight is 273 g/mol. The van der Waals surface area contributed by atoms with Crippen LogP contribution in [0.15, 0.2) is 0 Å². The van der Waals surface area contributed by atoms with E-state index in [1.807, 2.05) is 0 Å². The Hall–Kier alpha value is -2.12. The first-order valence-electron chi connectivity index (χ1n) is 5.79. The van der Waals surface area contributed by atoms with Gasteiger partial charge in [-0.05, 0) is 12.8 Å². The highest BCUT2D eigenvalue weighted by molar-refractivity contribution is 5.89. The van der Waals surface area contributed by atoms with Gasteiger partial charge in [0.2, 0.25) is 5.91 Å². The largest absolute Gasteiger partial charge is 0.481 e. The molecule has 0 aromatic carbocycles. The van der Waals surface area contributed by atoms with Gasteiger partial charge >= 0.3 is 17.9 Å². The highest BCUT2D eigenvalue weighted by atomic mass is 16.4. The first kappa shape index (κ1) is 14.9. The zero-order chi connectivity index (χ0) is 14.6. The van der Waals surface area contributed by atoms with Gasteiger partial charge in [-0.25, -0.2) is 4.79 Å². The number of rotatable bonds is 7. The molecule has 1 amide bonds. The van der Waals surface area contributed by atoms with E-state index in [1.54, 1.807) is 0 Å². The second-order valence-corrected chi connectivity index (χ2v) is 4.43. The molecule has 1 aliphatic rings. The summed E-state index contributed by atoms with van der Waals surface area (Å²) in [6.45, 7) is -0.141. The van der Waals surface area contributed by atoms with Gasteiger partial charge in [0.1, 0.15) is 6.04 Å². The number of nitrogens with zero attached hydrogens (tertiary/aromatic N) is 1. The lowest BCUT2D eigenvalue weighted by Crippen LogP contribution is -2.42. The first-order chi connectivity index (χ1) is 8.82. The van der Waals surface area contributed by atoms with Crippen molar-refractivity contribution in [1.29, 1.82) is 0 Å². The van der Waals surface area contributed by atoms with Crippen LogP contribution in [0.3, 0.4) is 0 Å². The Kier molecular flexibility index (Phi) is 4.85. The maximum Gasteiger partial charge on any atom is 0.326 e. The molecule has 1 fully saturated rings. The third kappa shape index (κ3) is 3.94. The minimum Gasteiger partial charge on any atom is -0.481 e. The molecule has 0 aromatic rings. The van der Waals surface area contributed by atoms with Crippen LogP contribution < -0.4 is 0 Å². The molecule has 19 heavy (non-hydrogen) atoms. The Bertz CT molecular complexity index is 406. The van der Waals surface area contributed by atoms with Crippen LogP contribution in [-0.4, -0.2) is 56.6 Å². The molecule has 0 aliphatic carbocycles. The summed E-state index contributed by atoms with van der Waals surface area (Å²) < 4.78 is 0. The summed E-state index contributed by atoms with van der Waals surface area (Å²) in [5.74, 6) is -4.83. The Morgan fingerprint density at radius 1 is 1.26 bits per heavy atom. The van der Waals surface area contributed by atoms with Crippen LogP contribution in [0, 0.1) is 5.92 Å². The predicted molar refractivity (Wildman–Crippen MR) is 60.4 cm³/mol. The summed E-state index contributed by atoms with van der Waals surface area (Å²) in [4.78, 5) is 44.9. The molecule has 3 N–H and O–H groups in total. The topological polar surface area (TPSA) is 132 Å². The van der Waals surface area contributed by atoms with Crippen molar-refractivity contribution in [3.63, 3.8) is 0 Å². The second-order valence-electron chi connectivity index (χ2n) is 4.43. The van der Waals surface area contributed by atoms with Crippen molar-refractivity contribution in [3.05, 3.63) is 0 Å². The molecule has 2 atom stereocenters. The average Bonchev–Trinajstić information content (AvgIpc) is 2.66. The minimum atomic E-state index is -1.25. The van der Waals surface area contributed by atoms with Crippen LogP contribution in [0.1, 0.15) is 25.7 Å². The van der Waals surface area contributed by atoms with Crippen molar-refractivity contribution in [3.8, 4) is 0 Å². The van der Waals surface area contributed by atoms with E-state index in [2.05, 4.69) is 0 Å². The van der Waals surface area contributed by atoms with Crippen LogP contribution in [0.2, 0.25) is 0 Å². The van der Waals surface area contributed by atoms with Gasteiger partial charge in [-0.15, -0.1) is 0 Å². The summed E-state index contributed by atoms with van der Waals surface area (Å²) >= 11 is 0. The van der Waals surface area contributed by atoms with Gasteiger partial charge in [0.15, 0.2) is 0 Å². The van der Waals surface area contributed by atoms with Gasteiger partial charge in [0, 0.05) is 19.4 Å². The predicted octanol–water partition coefficient (Wildman–Crippen LogP) is -0.372. The molecule has 1 unspecified atom stereocenters. The van der Waals surface area contributed by atoms with Gasteiger partial charge in [-0.3, -0.25) is 14.4 Å². The highest BCUT2D eigenvalue weighted by Crippen LogP contribution is 2.23. The van der Waals surface area contributed by atoms with E-state index in [0.29, 0.717) is 0 Å². The summed E-state index contributed by atoms with van der Waals surface area (Å²) in [6.07, 6.45) is -0.278. The smallest absolute Gasteiger partial charge is 0.326 e. The zero-order valence-electron chi connectivity index (χ0n) is 10.1. The molecule has 106 valence electrons. The summed E-state index contributed by atoms with van der Waals surface area (Å²) in [6, 6.07) is -1.16. The molecule has 8 nitrogen and oxygen atoms in total. The molecule has 1 aliphatic heterocycles. The zero-order valence-corrected chi connectivity index (χ0v) is 10.1. The number of hydrogen-bond donors (Lipinski definition) is 3. The summed E-state index contributed by atoms with van der Waals surface area (Å²) in [5, 5.41) is 26.4. The first-order valence-corrected chi connectivity index (χ1v) is 5.79. The molecule has 1 heterocycles. The molecule has 0 saturated carbocycles. The number of carboxylic acids is 3. The van der Waals surface area contributed by atoms with Gasteiger partial charge in [0.05, 0.1) is 5.92 Å². The SMILES string of the molecule is O=C(O)CCC[C@H](C(=O)O)N1CC(C(=O)O)CC1=O. The molecule has 1 saturated heterocycles. The molecule has 0 aromatic heterocycles. The number of aliphatic carboxylic acids is 3. The molecular formula is C11H15NO7. The van der Waals surface area contributed by atoms with Crippen LogP contribution in [0.25, 0.3) is 0 Å². The van der Waals surface area contributed by atoms with Crippen LogP contribution in [-0.2, 0) is 19.2 Å². The van der Waals surface area contributed by atoms with Crippen LogP contribution in [0.4, 0.5) is 0 Å². The van der Waals surface area contributed by atoms with Crippen molar-refractivity contribution in [2.75, 3.05) is 6.54 Å². The Morgan fingerprint density at radius 3 is 2.32 bits per heavy atom. The van der Waals surface area contributed by atoms with Gasteiger partial charge < -0.3 is 20.2 Å². The van der Waals surface area contributed by atoms with E-state index < -0.39 is 35.8 Å². The third-order valence-electron chi connectivity index (χ3n) is 3.04. The lowest BCUT2D eigenvalue weighted by atomic mass is 10.1. The maximum atomic E-state index is 11.6. The fourth-order valence-electron chi connectivity index (χ4n) is 2.06. The molecule has 1 rings (SSSR count). The fourth-order valence-corrected chi connectivity index (χ4v) is 2.06. The summed E-state index contributed by atoms with van der Waals surface area (Å²) in [5.41, 5.74) is 0. The lowest BCUT2D eigenvalue weighted by Gasteiger charge is -2.24.